The van der Waals surface area contributed by atoms with Gasteiger partial charge in [-0.2, -0.15) is 0 Å². The van der Waals surface area contributed by atoms with E-state index in [0.717, 1.165) is 16.9 Å². The Morgan fingerprint density at radius 1 is 1.16 bits per heavy atom. The fourth-order valence-electron chi connectivity index (χ4n) is 2.90. The predicted octanol–water partition coefficient (Wildman–Crippen LogP) is 4.91. The number of carbonyl (C=O) groups is 1. The number of nitrogens with one attached hydrogen (secondary N) is 1. The van der Waals surface area contributed by atoms with Crippen LogP contribution in [0.25, 0.3) is 0 Å². The topological polar surface area (TPSA) is 47.6 Å². The van der Waals surface area contributed by atoms with Crippen molar-refractivity contribution in [3.63, 3.8) is 0 Å². The van der Waals surface area contributed by atoms with E-state index in [0.29, 0.717) is 11.4 Å². The zero-order chi connectivity index (χ0) is 18.0. The number of cyclic esters (lactones) is 1. The smallest absolute Gasteiger partial charge is 0.408 e. The maximum atomic E-state index is 11.7. The van der Waals surface area contributed by atoms with Gasteiger partial charge in [0.2, 0.25) is 0 Å². The van der Waals surface area contributed by atoms with Crippen LogP contribution in [0, 0.1) is 0 Å². The minimum Gasteiger partial charge on any atom is -0.488 e. The fourth-order valence-corrected chi connectivity index (χ4v) is 3.10. The van der Waals surface area contributed by atoms with E-state index in [9.17, 15) is 4.79 Å². The van der Waals surface area contributed by atoms with Crippen LogP contribution < -0.4 is 10.1 Å². The Morgan fingerprint density at radius 2 is 1.88 bits per heavy atom. The Morgan fingerprint density at radius 3 is 2.52 bits per heavy atom. The first-order valence-electron chi connectivity index (χ1n) is 8.31. The third-order valence-electron chi connectivity index (χ3n) is 3.88. The molecule has 5 heteroatoms. The van der Waals surface area contributed by atoms with E-state index in [2.05, 4.69) is 5.32 Å². The molecule has 0 radical (unpaired) electrons. The van der Waals surface area contributed by atoms with Crippen LogP contribution in [0.3, 0.4) is 0 Å². The molecule has 0 aliphatic carbocycles. The number of rotatable bonds is 4. The first kappa shape index (κ1) is 17.6. The number of ether oxygens (including phenoxy) is 2. The molecule has 2 aromatic carbocycles. The van der Waals surface area contributed by atoms with Gasteiger partial charge in [-0.1, -0.05) is 35.9 Å². The maximum absolute atomic E-state index is 11.7. The van der Waals surface area contributed by atoms with Crippen LogP contribution in [0.4, 0.5) is 4.79 Å². The lowest BCUT2D eigenvalue weighted by Gasteiger charge is -2.21. The summed E-state index contributed by atoms with van der Waals surface area (Å²) in [4.78, 5) is 11.7. The standard InChI is InChI=1S/C20H22ClNO3/c1-20(2,3)25-16-9-7-13(8-10-16)11-17-18(24-19(23)22-17)14-5-4-6-15(21)12-14/h4-10,12,17-18H,11H2,1-3H3,(H,22,23). The summed E-state index contributed by atoms with van der Waals surface area (Å²) in [5.74, 6) is 0.828. The molecule has 2 aromatic rings. The van der Waals surface area contributed by atoms with Crippen molar-refractivity contribution < 1.29 is 14.3 Å². The van der Waals surface area contributed by atoms with Crippen molar-refractivity contribution in [3.8, 4) is 5.75 Å². The Hall–Kier alpha value is -2.20. The monoisotopic (exact) mass is 359 g/mol. The highest BCUT2D eigenvalue weighted by molar-refractivity contribution is 6.30. The van der Waals surface area contributed by atoms with Gasteiger partial charge >= 0.3 is 6.09 Å². The van der Waals surface area contributed by atoms with Crippen LogP contribution in [0.2, 0.25) is 5.02 Å². The average Bonchev–Trinajstić information content (AvgIpc) is 2.88. The lowest BCUT2D eigenvalue weighted by atomic mass is 9.97. The Bertz CT molecular complexity index is 752. The fraction of sp³-hybridized carbons (Fsp3) is 0.350. The molecule has 3 rings (SSSR count). The van der Waals surface area contributed by atoms with E-state index in [-0.39, 0.29) is 17.7 Å². The lowest BCUT2D eigenvalue weighted by Crippen LogP contribution is -2.30. The highest BCUT2D eigenvalue weighted by atomic mass is 35.5. The summed E-state index contributed by atoms with van der Waals surface area (Å²) in [5, 5.41) is 3.52. The minimum absolute atomic E-state index is 0.139. The summed E-state index contributed by atoms with van der Waals surface area (Å²) in [5.41, 5.74) is 1.76. The molecule has 0 aromatic heterocycles. The zero-order valence-electron chi connectivity index (χ0n) is 14.6. The van der Waals surface area contributed by atoms with Gasteiger partial charge in [-0.3, -0.25) is 0 Å². The molecule has 1 heterocycles. The Balaban J connectivity index is 1.73. The number of halogens is 1. The summed E-state index contributed by atoms with van der Waals surface area (Å²) in [7, 11) is 0. The first-order chi connectivity index (χ1) is 11.8. The number of carbonyl (C=O) groups excluding carboxylic acids is 1. The van der Waals surface area contributed by atoms with Crippen LogP contribution in [-0.4, -0.2) is 17.7 Å². The van der Waals surface area contributed by atoms with E-state index in [1.807, 2.05) is 63.2 Å². The molecule has 132 valence electrons. The van der Waals surface area contributed by atoms with Crippen LogP contribution >= 0.6 is 11.6 Å². The van der Waals surface area contributed by atoms with E-state index < -0.39 is 6.09 Å². The molecule has 1 aliphatic heterocycles. The van der Waals surface area contributed by atoms with Crippen LogP contribution in [0.1, 0.15) is 38.0 Å². The van der Waals surface area contributed by atoms with E-state index in [1.165, 1.54) is 0 Å². The van der Waals surface area contributed by atoms with Crippen molar-refractivity contribution in [1.82, 2.24) is 5.32 Å². The van der Waals surface area contributed by atoms with Crippen molar-refractivity contribution in [2.24, 2.45) is 0 Å². The van der Waals surface area contributed by atoms with Crippen molar-refractivity contribution in [3.05, 3.63) is 64.7 Å². The Labute approximate surface area is 153 Å². The highest BCUT2D eigenvalue weighted by Crippen LogP contribution is 2.30. The van der Waals surface area contributed by atoms with Crippen molar-refractivity contribution >= 4 is 17.7 Å². The van der Waals surface area contributed by atoms with Crippen molar-refractivity contribution in [2.75, 3.05) is 0 Å². The molecule has 4 nitrogen and oxygen atoms in total. The SMILES string of the molecule is CC(C)(C)Oc1ccc(CC2NC(=O)OC2c2cccc(Cl)c2)cc1. The first-order valence-corrected chi connectivity index (χ1v) is 8.68. The van der Waals surface area contributed by atoms with Gasteiger partial charge in [0.1, 0.15) is 17.5 Å². The van der Waals surface area contributed by atoms with E-state index >= 15 is 0 Å². The third kappa shape index (κ3) is 4.67. The minimum atomic E-state index is -0.400. The van der Waals surface area contributed by atoms with Gasteiger partial charge in [0.05, 0.1) is 6.04 Å². The summed E-state index contributed by atoms with van der Waals surface area (Å²) in [6.07, 6.45) is -0.0852. The summed E-state index contributed by atoms with van der Waals surface area (Å²) in [6, 6.07) is 15.2. The molecule has 1 aliphatic rings. The number of alkyl carbamates (subject to hydrolysis) is 1. The molecule has 1 N–H and O–H groups in total. The molecule has 1 saturated heterocycles. The average molecular weight is 360 g/mol. The number of benzene rings is 2. The molecule has 1 fully saturated rings. The van der Waals surface area contributed by atoms with Gasteiger partial charge in [-0.05, 0) is 62.6 Å². The van der Waals surface area contributed by atoms with Crippen LogP contribution in [0.5, 0.6) is 5.75 Å². The molecular formula is C20H22ClNO3. The normalized spacial score (nSPS) is 20.1. The maximum Gasteiger partial charge on any atom is 0.408 e. The zero-order valence-corrected chi connectivity index (χ0v) is 15.3. The van der Waals surface area contributed by atoms with Gasteiger partial charge in [-0.25, -0.2) is 4.79 Å². The van der Waals surface area contributed by atoms with Gasteiger partial charge in [0, 0.05) is 5.02 Å². The second-order valence-corrected chi connectivity index (χ2v) is 7.63. The summed E-state index contributed by atoms with van der Waals surface area (Å²) in [6.45, 7) is 6.05. The third-order valence-corrected chi connectivity index (χ3v) is 4.12. The number of amides is 1. The van der Waals surface area contributed by atoms with Gasteiger partial charge < -0.3 is 14.8 Å². The second-order valence-electron chi connectivity index (χ2n) is 7.19. The molecule has 0 spiro atoms. The summed E-state index contributed by atoms with van der Waals surface area (Å²) < 4.78 is 11.3. The molecule has 2 unspecified atom stereocenters. The molecule has 25 heavy (non-hydrogen) atoms. The summed E-state index contributed by atoms with van der Waals surface area (Å²) >= 11 is 6.06. The lowest BCUT2D eigenvalue weighted by molar-refractivity contribution is 0.131. The largest absolute Gasteiger partial charge is 0.488 e. The van der Waals surface area contributed by atoms with Gasteiger partial charge in [-0.15, -0.1) is 0 Å². The van der Waals surface area contributed by atoms with Crippen LogP contribution in [-0.2, 0) is 11.2 Å². The molecule has 1 amide bonds. The quantitative estimate of drug-likeness (QED) is 0.843. The molecule has 0 saturated carbocycles. The van der Waals surface area contributed by atoms with Crippen LogP contribution in [0.15, 0.2) is 48.5 Å². The van der Waals surface area contributed by atoms with Gasteiger partial charge in [0.25, 0.3) is 0 Å². The van der Waals surface area contributed by atoms with Crippen molar-refractivity contribution in [2.45, 2.75) is 44.9 Å². The Kier molecular flexibility index (Phi) is 4.91. The molecule has 2 atom stereocenters. The number of hydrogen-bond donors (Lipinski definition) is 1. The van der Waals surface area contributed by atoms with Crippen molar-refractivity contribution in [1.29, 1.82) is 0 Å². The van der Waals surface area contributed by atoms with E-state index in [4.69, 9.17) is 21.1 Å². The second kappa shape index (κ2) is 6.96. The van der Waals surface area contributed by atoms with Gasteiger partial charge in [0.15, 0.2) is 0 Å². The molecular weight excluding hydrogens is 338 g/mol. The molecule has 0 bridgehead atoms. The predicted molar refractivity (Wildman–Crippen MR) is 98.1 cm³/mol. The number of hydrogen-bond acceptors (Lipinski definition) is 3. The van der Waals surface area contributed by atoms with E-state index in [1.54, 1.807) is 6.07 Å². The highest BCUT2D eigenvalue weighted by Gasteiger charge is 2.35.